The van der Waals surface area contributed by atoms with Crippen molar-refractivity contribution in [3.63, 3.8) is 0 Å². The number of hydrogen-bond acceptors (Lipinski definition) is 3. The summed E-state index contributed by atoms with van der Waals surface area (Å²) in [5.74, 6) is -0.780. The van der Waals surface area contributed by atoms with Crippen LogP contribution in [0, 0.1) is 0 Å². The number of carboxylic acid groups (broad SMARTS) is 1. The second-order valence-electron chi connectivity index (χ2n) is 4.50. The van der Waals surface area contributed by atoms with Crippen molar-refractivity contribution >= 4 is 29.2 Å². The first-order valence-corrected chi connectivity index (χ1v) is 6.18. The molecule has 1 heterocycles. The van der Waals surface area contributed by atoms with E-state index >= 15 is 0 Å². The molecule has 2 atom stereocenters. The van der Waals surface area contributed by atoms with Crippen LogP contribution in [-0.4, -0.2) is 22.3 Å². The van der Waals surface area contributed by atoms with Crippen molar-refractivity contribution in [1.29, 1.82) is 0 Å². The van der Waals surface area contributed by atoms with Crippen LogP contribution in [0.2, 0.25) is 10.0 Å². The predicted molar refractivity (Wildman–Crippen MR) is 67.3 cm³/mol. The van der Waals surface area contributed by atoms with E-state index in [0.717, 1.165) is 0 Å². The van der Waals surface area contributed by atoms with E-state index in [2.05, 4.69) is 0 Å². The summed E-state index contributed by atoms with van der Waals surface area (Å²) in [7, 11) is 0. The van der Waals surface area contributed by atoms with Crippen LogP contribution in [0.25, 0.3) is 0 Å². The highest BCUT2D eigenvalue weighted by molar-refractivity contribution is 6.35. The molecule has 2 N–H and O–H groups in total. The maximum absolute atomic E-state index is 10.9. The van der Waals surface area contributed by atoms with Crippen LogP contribution in [0.5, 0.6) is 5.75 Å². The van der Waals surface area contributed by atoms with Crippen LogP contribution in [0.3, 0.4) is 0 Å². The van der Waals surface area contributed by atoms with Gasteiger partial charge in [-0.2, -0.15) is 0 Å². The minimum atomic E-state index is -1.51. The van der Waals surface area contributed by atoms with E-state index in [1.165, 1.54) is 12.1 Å². The average molecular weight is 291 g/mol. The number of halogens is 2. The first kappa shape index (κ1) is 13.5. The van der Waals surface area contributed by atoms with Gasteiger partial charge in [0.2, 0.25) is 0 Å². The number of aliphatic carboxylic acids is 1. The first-order valence-electron chi connectivity index (χ1n) is 5.42. The second-order valence-corrected chi connectivity index (χ2v) is 5.34. The largest absolute Gasteiger partial charge is 0.489 e. The highest BCUT2D eigenvalue weighted by Gasteiger charge is 2.41. The van der Waals surface area contributed by atoms with Crippen molar-refractivity contribution in [2.45, 2.75) is 31.5 Å². The van der Waals surface area contributed by atoms with Crippen LogP contribution in [0.1, 0.15) is 25.3 Å². The molecule has 1 aliphatic heterocycles. The van der Waals surface area contributed by atoms with Gasteiger partial charge < -0.3 is 14.9 Å². The number of carbonyl (C=O) groups is 1. The molecular weight excluding hydrogens is 279 g/mol. The van der Waals surface area contributed by atoms with E-state index in [9.17, 15) is 9.90 Å². The van der Waals surface area contributed by atoms with Crippen molar-refractivity contribution < 1.29 is 19.7 Å². The zero-order chi connectivity index (χ0) is 13.5. The molecule has 18 heavy (non-hydrogen) atoms. The van der Waals surface area contributed by atoms with Gasteiger partial charge in [-0.25, -0.2) is 0 Å². The van der Waals surface area contributed by atoms with Gasteiger partial charge in [-0.15, -0.1) is 0 Å². The van der Waals surface area contributed by atoms with E-state index in [-0.39, 0.29) is 17.5 Å². The van der Waals surface area contributed by atoms with E-state index in [0.29, 0.717) is 16.3 Å². The summed E-state index contributed by atoms with van der Waals surface area (Å²) >= 11 is 11.9. The molecule has 98 valence electrons. The Labute approximate surface area is 114 Å². The van der Waals surface area contributed by atoms with Crippen molar-refractivity contribution in [3.8, 4) is 5.75 Å². The van der Waals surface area contributed by atoms with Crippen LogP contribution in [-0.2, 0) is 10.4 Å². The van der Waals surface area contributed by atoms with Crippen molar-refractivity contribution in [2.75, 3.05) is 0 Å². The van der Waals surface area contributed by atoms with E-state index in [4.69, 9.17) is 33.0 Å². The quantitative estimate of drug-likeness (QED) is 0.879. The van der Waals surface area contributed by atoms with Gasteiger partial charge in [-0.05, 0) is 19.1 Å². The van der Waals surface area contributed by atoms with Crippen molar-refractivity contribution in [3.05, 3.63) is 27.7 Å². The number of ether oxygens (including phenoxy) is 1. The normalized spacial score (nSPS) is 26.3. The number of carboxylic acids is 1. The number of aliphatic hydroxyl groups is 1. The molecule has 0 amide bonds. The standard InChI is InChI=1S/C12H12Cl2O4/c1-6-4-12(17,5-10(15)16)8-2-7(13)3-9(14)11(8)18-6/h2-3,6,17H,4-5H2,1H3,(H,15,16)/t6-,12-/m1/s1. The third-order valence-electron chi connectivity index (χ3n) is 2.90. The lowest BCUT2D eigenvalue weighted by atomic mass is 9.83. The zero-order valence-electron chi connectivity index (χ0n) is 9.61. The van der Waals surface area contributed by atoms with Crippen molar-refractivity contribution in [2.24, 2.45) is 0 Å². The molecule has 2 rings (SSSR count). The minimum Gasteiger partial charge on any atom is -0.489 e. The SMILES string of the molecule is C[C@@H]1C[C@@](O)(CC(=O)O)c2cc(Cl)cc(Cl)c2O1. The summed E-state index contributed by atoms with van der Waals surface area (Å²) in [5, 5.41) is 20.1. The molecule has 0 saturated carbocycles. The van der Waals surface area contributed by atoms with E-state index in [1.54, 1.807) is 6.92 Å². The molecule has 1 aliphatic rings. The van der Waals surface area contributed by atoms with Crippen LogP contribution in [0.4, 0.5) is 0 Å². The average Bonchev–Trinajstić information content (AvgIpc) is 2.18. The zero-order valence-corrected chi connectivity index (χ0v) is 11.1. The first-order chi connectivity index (χ1) is 8.32. The number of hydrogen-bond donors (Lipinski definition) is 2. The minimum absolute atomic E-state index is 0.184. The maximum atomic E-state index is 10.9. The number of rotatable bonds is 2. The molecule has 0 aliphatic carbocycles. The third kappa shape index (κ3) is 2.41. The lowest BCUT2D eigenvalue weighted by Gasteiger charge is -2.37. The van der Waals surface area contributed by atoms with Gasteiger partial charge >= 0.3 is 5.97 Å². The van der Waals surface area contributed by atoms with Gasteiger partial charge in [0.05, 0.1) is 17.5 Å². The second kappa shape index (κ2) is 4.61. The Bertz CT molecular complexity index is 503. The molecule has 0 radical (unpaired) electrons. The third-order valence-corrected chi connectivity index (χ3v) is 3.40. The fourth-order valence-corrected chi connectivity index (χ4v) is 2.81. The van der Waals surface area contributed by atoms with Crippen LogP contribution >= 0.6 is 23.2 Å². The lowest BCUT2D eigenvalue weighted by Crippen LogP contribution is -2.39. The van der Waals surface area contributed by atoms with Crippen LogP contribution < -0.4 is 4.74 Å². The molecule has 6 heteroatoms. The maximum Gasteiger partial charge on any atom is 0.306 e. The summed E-state index contributed by atoms with van der Waals surface area (Å²) in [4.78, 5) is 10.9. The van der Waals surface area contributed by atoms with Gasteiger partial charge in [0.1, 0.15) is 11.4 Å². The van der Waals surface area contributed by atoms with Gasteiger partial charge in [0.25, 0.3) is 0 Å². The van der Waals surface area contributed by atoms with Crippen LogP contribution in [0.15, 0.2) is 12.1 Å². The Morgan fingerprint density at radius 1 is 1.56 bits per heavy atom. The molecule has 0 fully saturated rings. The topological polar surface area (TPSA) is 66.8 Å². The Kier molecular flexibility index (Phi) is 3.45. The fourth-order valence-electron chi connectivity index (χ4n) is 2.27. The number of benzene rings is 1. The summed E-state index contributed by atoms with van der Waals surface area (Å²) in [6, 6.07) is 3.00. The van der Waals surface area contributed by atoms with E-state index < -0.39 is 18.0 Å². The van der Waals surface area contributed by atoms with E-state index in [1.807, 2.05) is 0 Å². The van der Waals surface area contributed by atoms with Gasteiger partial charge in [0.15, 0.2) is 0 Å². The summed E-state index contributed by atoms with van der Waals surface area (Å²) in [6.07, 6.45) is -0.548. The molecule has 4 nitrogen and oxygen atoms in total. The number of fused-ring (bicyclic) bond motifs is 1. The Hall–Kier alpha value is -0.970. The molecule has 1 aromatic carbocycles. The molecule has 0 saturated heterocycles. The van der Waals surface area contributed by atoms with Crippen molar-refractivity contribution in [1.82, 2.24) is 0 Å². The summed E-state index contributed by atoms with van der Waals surface area (Å²) < 4.78 is 5.55. The Balaban J connectivity index is 2.57. The van der Waals surface area contributed by atoms with Gasteiger partial charge in [-0.1, -0.05) is 23.2 Å². The highest BCUT2D eigenvalue weighted by Crippen LogP contribution is 2.46. The molecule has 0 unspecified atom stereocenters. The summed E-state index contributed by atoms with van der Waals surface area (Å²) in [6.45, 7) is 1.75. The van der Waals surface area contributed by atoms with Gasteiger partial charge in [0, 0.05) is 17.0 Å². The molecular formula is C12H12Cl2O4. The monoisotopic (exact) mass is 290 g/mol. The Morgan fingerprint density at radius 2 is 2.22 bits per heavy atom. The predicted octanol–water partition coefficient (Wildman–Crippen LogP) is 2.83. The summed E-state index contributed by atoms with van der Waals surface area (Å²) in [5.41, 5.74) is -1.17. The lowest BCUT2D eigenvalue weighted by molar-refractivity contribution is -0.145. The molecule has 0 spiro atoms. The molecule has 1 aromatic rings. The molecule has 0 bridgehead atoms. The smallest absolute Gasteiger partial charge is 0.306 e. The Morgan fingerprint density at radius 3 is 2.83 bits per heavy atom. The molecule has 0 aromatic heterocycles. The van der Waals surface area contributed by atoms with Gasteiger partial charge in [-0.3, -0.25) is 4.79 Å². The highest BCUT2D eigenvalue weighted by atomic mass is 35.5. The fraction of sp³-hybridized carbons (Fsp3) is 0.417.